The number of aliphatic hydroxyl groups is 1. The number of sulfone groups is 1. The van der Waals surface area contributed by atoms with Gasteiger partial charge >= 0.3 is 0 Å². The van der Waals surface area contributed by atoms with E-state index in [2.05, 4.69) is 5.32 Å². The van der Waals surface area contributed by atoms with Crippen LogP contribution in [0.3, 0.4) is 0 Å². The van der Waals surface area contributed by atoms with Crippen LogP contribution in [0.4, 0.5) is 0 Å². The van der Waals surface area contributed by atoms with Gasteiger partial charge in [0.1, 0.15) is 9.84 Å². The standard InChI is InChI=1S/C13H21NO3S/c1-2-18(16,17)9-3-8-14-10-12-4-6-13(11-15)7-5-12/h4-7,14-15H,2-3,8-11H2,1H3. The molecule has 1 aromatic carbocycles. The number of rotatable bonds is 8. The SMILES string of the molecule is CCS(=O)(=O)CCCNCc1ccc(CO)cc1. The lowest BCUT2D eigenvalue weighted by atomic mass is 10.1. The van der Waals surface area contributed by atoms with Gasteiger partial charge in [-0.2, -0.15) is 0 Å². The second-order valence-corrected chi connectivity index (χ2v) is 6.71. The van der Waals surface area contributed by atoms with E-state index in [0.717, 1.165) is 17.7 Å². The van der Waals surface area contributed by atoms with Crippen molar-refractivity contribution in [1.82, 2.24) is 5.32 Å². The Balaban J connectivity index is 2.21. The zero-order valence-electron chi connectivity index (χ0n) is 10.7. The lowest BCUT2D eigenvalue weighted by Gasteiger charge is -2.05. The van der Waals surface area contributed by atoms with Crippen LogP contribution in [0.25, 0.3) is 0 Å². The quantitative estimate of drug-likeness (QED) is 0.695. The molecule has 0 saturated carbocycles. The molecule has 1 rings (SSSR count). The molecule has 0 unspecified atom stereocenters. The molecular weight excluding hydrogens is 250 g/mol. The van der Waals surface area contributed by atoms with E-state index in [4.69, 9.17) is 5.11 Å². The van der Waals surface area contributed by atoms with E-state index in [0.29, 0.717) is 13.0 Å². The maximum absolute atomic E-state index is 11.3. The number of benzene rings is 1. The first-order chi connectivity index (χ1) is 8.57. The molecule has 102 valence electrons. The first-order valence-electron chi connectivity index (χ1n) is 6.17. The molecule has 0 atom stereocenters. The Morgan fingerprint density at radius 2 is 1.78 bits per heavy atom. The Kier molecular flexibility index (Phi) is 6.32. The van der Waals surface area contributed by atoms with Crippen LogP contribution in [-0.4, -0.2) is 31.6 Å². The molecule has 0 aliphatic carbocycles. The Hall–Kier alpha value is -0.910. The molecule has 0 spiro atoms. The average Bonchev–Trinajstić information content (AvgIpc) is 2.39. The van der Waals surface area contributed by atoms with E-state index in [1.807, 2.05) is 24.3 Å². The number of nitrogens with one attached hydrogen (secondary N) is 1. The second-order valence-electron chi connectivity index (χ2n) is 4.24. The fourth-order valence-electron chi connectivity index (χ4n) is 1.56. The highest BCUT2D eigenvalue weighted by Gasteiger charge is 2.05. The van der Waals surface area contributed by atoms with E-state index in [9.17, 15) is 8.42 Å². The number of hydrogen-bond acceptors (Lipinski definition) is 4. The molecule has 18 heavy (non-hydrogen) atoms. The lowest BCUT2D eigenvalue weighted by molar-refractivity contribution is 0.282. The third kappa shape index (κ3) is 5.62. The summed E-state index contributed by atoms with van der Waals surface area (Å²) in [6, 6.07) is 7.69. The predicted octanol–water partition coefficient (Wildman–Crippen LogP) is 1.09. The van der Waals surface area contributed by atoms with E-state index in [1.54, 1.807) is 6.92 Å². The molecule has 5 heteroatoms. The molecule has 0 radical (unpaired) electrons. The maximum Gasteiger partial charge on any atom is 0.150 e. The summed E-state index contributed by atoms with van der Waals surface area (Å²) >= 11 is 0. The van der Waals surface area contributed by atoms with Gasteiger partial charge in [-0.05, 0) is 24.1 Å². The van der Waals surface area contributed by atoms with Crippen LogP contribution in [0.15, 0.2) is 24.3 Å². The van der Waals surface area contributed by atoms with Crippen LogP contribution in [0.2, 0.25) is 0 Å². The van der Waals surface area contributed by atoms with Gasteiger partial charge in [-0.15, -0.1) is 0 Å². The first-order valence-corrected chi connectivity index (χ1v) is 7.99. The fourth-order valence-corrected chi connectivity index (χ4v) is 2.43. The van der Waals surface area contributed by atoms with Crippen molar-refractivity contribution in [1.29, 1.82) is 0 Å². The molecule has 0 aliphatic heterocycles. The van der Waals surface area contributed by atoms with Crippen LogP contribution >= 0.6 is 0 Å². The summed E-state index contributed by atoms with van der Waals surface area (Å²) in [4.78, 5) is 0. The summed E-state index contributed by atoms with van der Waals surface area (Å²) in [5, 5.41) is 12.1. The van der Waals surface area contributed by atoms with E-state index in [-0.39, 0.29) is 18.1 Å². The summed E-state index contributed by atoms with van der Waals surface area (Å²) in [5.41, 5.74) is 2.03. The van der Waals surface area contributed by atoms with Crippen LogP contribution in [0, 0.1) is 0 Å². The number of aliphatic hydroxyl groups excluding tert-OH is 1. The van der Waals surface area contributed by atoms with Crippen molar-refractivity contribution in [2.24, 2.45) is 0 Å². The molecule has 0 heterocycles. The molecule has 0 aromatic heterocycles. The van der Waals surface area contributed by atoms with Gasteiger partial charge in [-0.3, -0.25) is 0 Å². The van der Waals surface area contributed by atoms with Crippen LogP contribution in [0.1, 0.15) is 24.5 Å². The monoisotopic (exact) mass is 271 g/mol. The minimum Gasteiger partial charge on any atom is -0.392 e. The second kappa shape index (κ2) is 7.51. The minimum atomic E-state index is -2.84. The number of hydrogen-bond donors (Lipinski definition) is 2. The lowest BCUT2D eigenvalue weighted by Crippen LogP contribution is -2.19. The molecule has 4 nitrogen and oxygen atoms in total. The third-order valence-corrected chi connectivity index (χ3v) is 4.57. The normalized spacial score (nSPS) is 11.7. The highest BCUT2D eigenvalue weighted by Crippen LogP contribution is 2.04. The van der Waals surface area contributed by atoms with Crippen LogP contribution in [0.5, 0.6) is 0 Å². The average molecular weight is 271 g/mol. The van der Waals surface area contributed by atoms with Crippen molar-refractivity contribution < 1.29 is 13.5 Å². The smallest absolute Gasteiger partial charge is 0.150 e. The van der Waals surface area contributed by atoms with Crippen molar-refractivity contribution in [3.63, 3.8) is 0 Å². The van der Waals surface area contributed by atoms with Crippen LogP contribution in [-0.2, 0) is 23.0 Å². The van der Waals surface area contributed by atoms with Crippen molar-refractivity contribution in [3.8, 4) is 0 Å². The third-order valence-electron chi connectivity index (χ3n) is 2.78. The molecule has 0 bridgehead atoms. The van der Waals surface area contributed by atoms with E-state index >= 15 is 0 Å². The van der Waals surface area contributed by atoms with Crippen molar-refractivity contribution in [3.05, 3.63) is 35.4 Å². The van der Waals surface area contributed by atoms with Gasteiger partial charge in [0.2, 0.25) is 0 Å². The van der Waals surface area contributed by atoms with Gasteiger partial charge in [-0.1, -0.05) is 31.2 Å². The van der Waals surface area contributed by atoms with Crippen molar-refractivity contribution in [2.75, 3.05) is 18.1 Å². The summed E-state index contributed by atoms with van der Waals surface area (Å²) in [6.45, 7) is 3.15. The largest absolute Gasteiger partial charge is 0.392 e. The van der Waals surface area contributed by atoms with Gasteiger partial charge in [0.15, 0.2) is 0 Å². The minimum absolute atomic E-state index is 0.0581. The van der Waals surface area contributed by atoms with Gasteiger partial charge in [0.25, 0.3) is 0 Å². The maximum atomic E-state index is 11.3. The Morgan fingerprint density at radius 1 is 1.17 bits per heavy atom. The molecule has 1 aromatic rings. The van der Waals surface area contributed by atoms with E-state index < -0.39 is 9.84 Å². The molecule has 0 amide bonds. The molecular formula is C13H21NO3S. The summed E-state index contributed by atoms with van der Waals surface area (Å²) in [6.07, 6.45) is 0.644. The zero-order chi connectivity index (χ0) is 13.4. The predicted molar refractivity (Wildman–Crippen MR) is 73.0 cm³/mol. The Labute approximate surface area is 109 Å². The highest BCUT2D eigenvalue weighted by molar-refractivity contribution is 7.91. The zero-order valence-corrected chi connectivity index (χ0v) is 11.5. The van der Waals surface area contributed by atoms with Crippen molar-refractivity contribution >= 4 is 9.84 Å². The summed E-state index contributed by atoms with van der Waals surface area (Å²) in [5.74, 6) is 0.468. The molecule has 0 saturated heterocycles. The van der Waals surface area contributed by atoms with E-state index in [1.165, 1.54) is 0 Å². The summed E-state index contributed by atoms with van der Waals surface area (Å²) in [7, 11) is -2.84. The molecule has 0 aliphatic rings. The van der Waals surface area contributed by atoms with Crippen molar-refractivity contribution in [2.45, 2.75) is 26.5 Å². The Morgan fingerprint density at radius 3 is 2.33 bits per heavy atom. The Bertz CT molecular complexity index is 440. The van der Waals surface area contributed by atoms with Gasteiger partial charge in [0.05, 0.1) is 12.4 Å². The highest BCUT2D eigenvalue weighted by atomic mass is 32.2. The van der Waals surface area contributed by atoms with Gasteiger partial charge in [0, 0.05) is 12.3 Å². The summed E-state index contributed by atoms with van der Waals surface area (Å²) < 4.78 is 22.5. The van der Waals surface area contributed by atoms with Gasteiger partial charge in [-0.25, -0.2) is 8.42 Å². The first kappa shape index (κ1) is 15.1. The van der Waals surface area contributed by atoms with Gasteiger partial charge < -0.3 is 10.4 Å². The fraction of sp³-hybridized carbons (Fsp3) is 0.538. The topological polar surface area (TPSA) is 66.4 Å². The molecule has 0 fully saturated rings. The van der Waals surface area contributed by atoms with Crippen LogP contribution < -0.4 is 5.32 Å². The molecule has 2 N–H and O–H groups in total.